The van der Waals surface area contributed by atoms with Crippen LogP contribution in [0.15, 0.2) is 18.2 Å². The van der Waals surface area contributed by atoms with Gasteiger partial charge in [-0.3, -0.25) is 0 Å². The van der Waals surface area contributed by atoms with Crippen LogP contribution in [0.25, 0.3) is 0 Å². The average molecular weight is 178 g/mol. The van der Waals surface area contributed by atoms with E-state index in [0.717, 1.165) is 12.8 Å². The third-order valence-corrected chi connectivity index (χ3v) is 2.34. The van der Waals surface area contributed by atoms with Crippen LogP contribution in [0.2, 0.25) is 0 Å². The summed E-state index contributed by atoms with van der Waals surface area (Å²) in [7, 11) is 0. The number of hydrogen-bond donors (Lipinski definition) is 1. The summed E-state index contributed by atoms with van der Waals surface area (Å²) in [6, 6.07) is 6.48. The second-order valence-electron chi connectivity index (χ2n) is 3.82. The summed E-state index contributed by atoms with van der Waals surface area (Å²) in [5, 5.41) is 9.17. The molecule has 1 N–H and O–H groups in total. The van der Waals surface area contributed by atoms with Crippen molar-refractivity contribution >= 4 is 0 Å². The molecule has 0 saturated heterocycles. The molecule has 0 spiro atoms. The highest BCUT2D eigenvalue weighted by atomic mass is 16.3. The van der Waals surface area contributed by atoms with Crippen molar-refractivity contribution in [2.45, 2.75) is 39.7 Å². The lowest BCUT2D eigenvalue weighted by Crippen LogP contribution is -2.02. The van der Waals surface area contributed by atoms with Crippen molar-refractivity contribution in [3.8, 4) is 0 Å². The van der Waals surface area contributed by atoms with Gasteiger partial charge in [-0.2, -0.15) is 0 Å². The molecule has 0 aliphatic heterocycles. The fourth-order valence-corrected chi connectivity index (χ4v) is 1.43. The maximum absolute atomic E-state index is 9.17. The SMILES string of the molecule is Cc1ccc(C)c(CC[C@H](C)O)c1. The smallest absolute Gasteiger partial charge is 0.0515 e. The highest BCUT2D eigenvalue weighted by Gasteiger charge is 2.01. The van der Waals surface area contributed by atoms with E-state index in [2.05, 4.69) is 32.0 Å². The average Bonchev–Trinajstić information content (AvgIpc) is 2.06. The molecule has 13 heavy (non-hydrogen) atoms. The first kappa shape index (κ1) is 10.3. The molecule has 0 radical (unpaired) electrons. The molecule has 0 amide bonds. The Morgan fingerprint density at radius 1 is 1.31 bits per heavy atom. The summed E-state index contributed by atoms with van der Waals surface area (Å²) in [6.07, 6.45) is 1.63. The summed E-state index contributed by atoms with van der Waals surface area (Å²) in [5.41, 5.74) is 3.98. The minimum Gasteiger partial charge on any atom is -0.393 e. The van der Waals surface area contributed by atoms with Crippen LogP contribution >= 0.6 is 0 Å². The monoisotopic (exact) mass is 178 g/mol. The Morgan fingerprint density at radius 3 is 2.62 bits per heavy atom. The van der Waals surface area contributed by atoms with E-state index >= 15 is 0 Å². The Bertz CT molecular complexity index is 276. The first-order valence-electron chi connectivity index (χ1n) is 4.84. The van der Waals surface area contributed by atoms with Gasteiger partial charge in [0.15, 0.2) is 0 Å². The Morgan fingerprint density at radius 2 is 2.00 bits per heavy atom. The van der Waals surface area contributed by atoms with Gasteiger partial charge in [0.25, 0.3) is 0 Å². The van der Waals surface area contributed by atoms with E-state index in [0.29, 0.717) is 0 Å². The van der Waals surface area contributed by atoms with E-state index in [9.17, 15) is 5.11 Å². The van der Waals surface area contributed by atoms with Crippen LogP contribution in [0.4, 0.5) is 0 Å². The van der Waals surface area contributed by atoms with Gasteiger partial charge in [-0.15, -0.1) is 0 Å². The molecule has 72 valence electrons. The number of benzene rings is 1. The topological polar surface area (TPSA) is 20.2 Å². The fraction of sp³-hybridized carbons (Fsp3) is 0.500. The lowest BCUT2D eigenvalue weighted by molar-refractivity contribution is 0.185. The molecule has 1 atom stereocenters. The van der Waals surface area contributed by atoms with Crippen molar-refractivity contribution in [1.82, 2.24) is 0 Å². The first-order valence-corrected chi connectivity index (χ1v) is 4.84. The minimum atomic E-state index is -0.195. The quantitative estimate of drug-likeness (QED) is 0.754. The molecule has 0 saturated carbocycles. The van der Waals surface area contributed by atoms with Gasteiger partial charge in [-0.1, -0.05) is 23.8 Å². The Balaban J connectivity index is 2.70. The highest BCUT2D eigenvalue weighted by Crippen LogP contribution is 2.13. The van der Waals surface area contributed by atoms with Gasteiger partial charge in [0.2, 0.25) is 0 Å². The fourth-order valence-electron chi connectivity index (χ4n) is 1.43. The van der Waals surface area contributed by atoms with Crippen LogP contribution in [0.3, 0.4) is 0 Å². The molecule has 1 aromatic carbocycles. The highest BCUT2D eigenvalue weighted by molar-refractivity contribution is 5.30. The molecule has 0 unspecified atom stereocenters. The number of rotatable bonds is 3. The van der Waals surface area contributed by atoms with Crippen LogP contribution in [0, 0.1) is 13.8 Å². The molecule has 1 aromatic rings. The number of aliphatic hydroxyl groups excluding tert-OH is 1. The molecule has 0 aliphatic rings. The second-order valence-corrected chi connectivity index (χ2v) is 3.82. The van der Waals surface area contributed by atoms with Crippen LogP contribution in [0.1, 0.15) is 30.0 Å². The van der Waals surface area contributed by atoms with Crippen LogP contribution in [-0.4, -0.2) is 11.2 Å². The van der Waals surface area contributed by atoms with Gasteiger partial charge in [-0.25, -0.2) is 0 Å². The van der Waals surface area contributed by atoms with E-state index in [-0.39, 0.29) is 6.10 Å². The summed E-state index contributed by atoms with van der Waals surface area (Å²) in [5.74, 6) is 0. The summed E-state index contributed by atoms with van der Waals surface area (Å²) in [6.45, 7) is 6.06. The van der Waals surface area contributed by atoms with Crippen LogP contribution in [0.5, 0.6) is 0 Å². The van der Waals surface area contributed by atoms with E-state index in [4.69, 9.17) is 0 Å². The molecule has 0 aliphatic carbocycles. The van der Waals surface area contributed by atoms with Gasteiger partial charge >= 0.3 is 0 Å². The Hall–Kier alpha value is -0.820. The standard InChI is InChI=1S/C12H18O/c1-9-4-5-10(2)12(8-9)7-6-11(3)13/h4-5,8,11,13H,6-7H2,1-3H3/t11-/m0/s1. The Labute approximate surface area is 80.4 Å². The summed E-state index contributed by atoms with van der Waals surface area (Å²) < 4.78 is 0. The molecule has 0 aromatic heterocycles. The number of aliphatic hydroxyl groups is 1. The first-order chi connectivity index (χ1) is 6.09. The lowest BCUT2D eigenvalue weighted by atomic mass is 10.0. The van der Waals surface area contributed by atoms with E-state index in [1.54, 1.807) is 0 Å². The maximum atomic E-state index is 9.17. The summed E-state index contributed by atoms with van der Waals surface area (Å²) in [4.78, 5) is 0. The van der Waals surface area contributed by atoms with Crippen molar-refractivity contribution < 1.29 is 5.11 Å². The van der Waals surface area contributed by atoms with Gasteiger partial charge < -0.3 is 5.11 Å². The molecule has 1 heteroatoms. The zero-order valence-corrected chi connectivity index (χ0v) is 8.67. The third-order valence-electron chi connectivity index (χ3n) is 2.34. The number of aryl methyl sites for hydroxylation is 3. The van der Waals surface area contributed by atoms with Crippen LogP contribution in [-0.2, 0) is 6.42 Å². The maximum Gasteiger partial charge on any atom is 0.0515 e. The predicted molar refractivity (Wildman–Crippen MR) is 55.9 cm³/mol. The molecular weight excluding hydrogens is 160 g/mol. The molecule has 0 bridgehead atoms. The van der Waals surface area contributed by atoms with Gasteiger partial charge in [0, 0.05) is 0 Å². The van der Waals surface area contributed by atoms with E-state index in [1.807, 2.05) is 6.92 Å². The number of hydrogen-bond acceptors (Lipinski definition) is 1. The van der Waals surface area contributed by atoms with Gasteiger partial charge in [0.1, 0.15) is 0 Å². The minimum absolute atomic E-state index is 0.195. The molecule has 1 rings (SSSR count). The molecule has 1 nitrogen and oxygen atoms in total. The lowest BCUT2D eigenvalue weighted by Gasteiger charge is -2.08. The van der Waals surface area contributed by atoms with Crippen molar-refractivity contribution in [2.75, 3.05) is 0 Å². The van der Waals surface area contributed by atoms with Gasteiger partial charge in [0.05, 0.1) is 6.10 Å². The molecule has 0 fully saturated rings. The molecular formula is C12H18O. The van der Waals surface area contributed by atoms with Gasteiger partial charge in [-0.05, 0) is 44.7 Å². The normalized spacial score (nSPS) is 12.9. The van der Waals surface area contributed by atoms with Crippen molar-refractivity contribution in [3.05, 3.63) is 34.9 Å². The largest absolute Gasteiger partial charge is 0.393 e. The molecule has 0 heterocycles. The van der Waals surface area contributed by atoms with Crippen molar-refractivity contribution in [3.63, 3.8) is 0 Å². The van der Waals surface area contributed by atoms with E-state index in [1.165, 1.54) is 16.7 Å². The zero-order valence-electron chi connectivity index (χ0n) is 8.67. The summed E-state index contributed by atoms with van der Waals surface area (Å²) >= 11 is 0. The Kier molecular flexibility index (Phi) is 3.49. The van der Waals surface area contributed by atoms with E-state index < -0.39 is 0 Å². The third kappa shape index (κ3) is 3.19. The second kappa shape index (κ2) is 4.43. The predicted octanol–water partition coefficient (Wildman–Crippen LogP) is 2.62. The van der Waals surface area contributed by atoms with Crippen molar-refractivity contribution in [2.24, 2.45) is 0 Å². The van der Waals surface area contributed by atoms with Crippen molar-refractivity contribution in [1.29, 1.82) is 0 Å². The zero-order chi connectivity index (χ0) is 9.84. The van der Waals surface area contributed by atoms with Crippen LogP contribution < -0.4 is 0 Å².